The largest absolute Gasteiger partial charge is 0.467 e. The van der Waals surface area contributed by atoms with Gasteiger partial charge in [-0.1, -0.05) is 0 Å². The lowest BCUT2D eigenvalue weighted by molar-refractivity contribution is -0.121. The fraction of sp³-hybridized carbons (Fsp3) is 0.214. The van der Waals surface area contributed by atoms with Crippen LogP contribution in [0.4, 0.5) is 14.5 Å². The van der Waals surface area contributed by atoms with Crippen LogP contribution in [0.2, 0.25) is 0 Å². The number of hydrogen-bond donors (Lipinski definition) is 2. The van der Waals surface area contributed by atoms with E-state index in [4.69, 9.17) is 4.42 Å². The number of nitrogens with one attached hydrogen (secondary N) is 2. The molecule has 0 fully saturated rings. The van der Waals surface area contributed by atoms with Crippen LogP contribution in [-0.2, 0) is 11.3 Å². The molecule has 1 amide bonds. The molecule has 2 rings (SSSR count). The Kier molecular flexibility index (Phi) is 4.34. The molecule has 20 heavy (non-hydrogen) atoms. The Morgan fingerprint density at radius 2 is 2.15 bits per heavy atom. The Labute approximate surface area is 114 Å². The van der Waals surface area contributed by atoms with Crippen LogP contribution in [0.1, 0.15) is 12.7 Å². The van der Waals surface area contributed by atoms with Crippen molar-refractivity contribution in [1.29, 1.82) is 0 Å². The van der Waals surface area contributed by atoms with Gasteiger partial charge in [0.2, 0.25) is 5.91 Å². The monoisotopic (exact) mass is 280 g/mol. The molecule has 1 atom stereocenters. The van der Waals surface area contributed by atoms with Crippen molar-refractivity contribution in [2.75, 3.05) is 5.32 Å². The molecule has 0 aliphatic carbocycles. The van der Waals surface area contributed by atoms with Crippen molar-refractivity contribution in [3.8, 4) is 0 Å². The minimum absolute atomic E-state index is 0.0503. The highest BCUT2D eigenvalue weighted by Gasteiger charge is 2.15. The maximum atomic E-state index is 13.4. The van der Waals surface area contributed by atoms with E-state index in [-0.39, 0.29) is 18.1 Å². The zero-order valence-electron chi connectivity index (χ0n) is 10.8. The molecule has 0 bridgehead atoms. The molecule has 4 nitrogen and oxygen atoms in total. The van der Waals surface area contributed by atoms with E-state index < -0.39 is 17.7 Å². The molecule has 2 aromatic rings. The molecular weight excluding hydrogens is 266 g/mol. The first kappa shape index (κ1) is 14.0. The number of anilines is 1. The summed E-state index contributed by atoms with van der Waals surface area (Å²) >= 11 is 0. The zero-order chi connectivity index (χ0) is 14.5. The third-order valence-electron chi connectivity index (χ3n) is 2.71. The highest BCUT2D eigenvalue weighted by Crippen LogP contribution is 2.16. The molecule has 0 aliphatic rings. The number of furan rings is 1. The second-order valence-corrected chi connectivity index (χ2v) is 4.29. The van der Waals surface area contributed by atoms with Crippen molar-refractivity contribution < 1.29 is 18.0 Å². The molecule has 1 unspecified atom stereocenters. The Balaban J connectivity index is 1.92. The average molecular weight is 280 g/mol. The van der Waals surface area contributed by atoms with Crippen molar-refractivity contribution in [2.45, 2.75) is 19.5 Å². The summed E-state index contributed by atoms with van der Waals surface area (Å²) in [6.07, 6.45) is 1.51. The van der Waals surface area contributed by atoms with Crippen LogP contribution in [0.15, 0.2) is 41.0 Å². The normalized spacial score (nSPS) is 11.9. The van der Waals surface area contributed by atoms with Crippen LogP contribution in [0, 0.1) is 11.6 Å². The molecule has 0 spiro atoms. The van der Waals surface area contributed by atoms with Gasteiger partial charge in [0.1, 0.15) is 23.4 Å². The van der Waals surface area contributed by atoms with E-state index in [0.717, 1.165) is 18.2 Å². The summed E-state index contributed by atoms with van der Waals surface area (Å²) in [5.74, 6) is -0.915. The van der Waals surface area contributed by atoms with Gasteiger partial charge >= 0.3 is 0 Å². The predicted molar refractivity (Wildman–Crippen MR) is 70.0 cm³/mol. The lowest BCUT2D eigenvalue weighted by Crippen LogP contribution is -2.37. The smallest absolute Gasteiger partial charge is 0.242 e. The van der Waals surface area contributed by atoms with Gasteiger partial charge in [0.15, 0.2) is 0 Å². The second kappa shape index (κ2) is 6.18. The Hall–Kier alpha value is -2.37. The summed E-state index contributed by atoms with van der Waals surface area (Å²) in [6.45, 7) is 1.80. The first-order valence-electron chi connectivity index (χ1n) is 6.08. The number of rotatable bonds is 5. The minimum Gasteiger partial charge on any atom is -0.467 e. The fourth-order valence-corrected chi connectivity index (χ4v) is 1.65. The third-order valence-corrected chi connectivity index (χ3v) is 2.71. The van der Waals surface area contributed by atoms with Crippen molar-refractivity contribution >= 4 is 11.6 Å². The molecule has 1 aromatic carbocycles. The van der Waals surface area contributed by atoms with E-state index in [2.05, 4.69) is 10.6 Å². The summed E-state index contributed by atoms with van der Waals surface area (Å²) in [7, 11) is 0. The second-order valence-electron chi connectivity index (χ2n) is 4.29. The molecule has 6 heteroatoms. The Morgan fingerprint density at radius 3 is 2.85 bits per heavy atom. The lowest BCUT2D eigenvalue weighted by Gasteiger charge is -2.15. The van der Waals surface area contributed by atoms with E-state index in [9.17, 15) is 13.6 Å². The molecule has 106 valence electrons. The van der Waals surface area contributed by atoms with E-state index in [1.807, 2.05) is 0 Å². The molecule has 1 aromatic heterocycles. The number of amides is 1. The summed E-state index contributed by atoms with van der Waals surface area (Å²) in [5, 5.41) is 5.25. The SMILES string of the molecule is CC(Nc1cc(F)ccc1F)C(=O)NCc1ccco1. The minimum atomic E-state index is -0.707. The summed E-state index contributed by atoms with van der Waals surface area (Å²) in [4.78, 5) is 11.8. The van der Waals surface area contributed by atoms with Gasteiger partial charge in [-0.25, -0.2) is 8.78 Å². The van der Waals surface area contributed by atoms with Crippen LogP contribution in [0.25, 0.3) is 0 Å². The maximum Gasteiger partial charge on any atom is 0.242 e. The van der Waals surface area contributed by atoms with Gasteiger partial charge in [0.25, 0.3) is 0 Å². The number of carbonyl (C=O) groups is 1. The van der Waals surface area contributed by atoms with Gasteiger partial charge in [-0.05, 0) is 37.3 Å². The summed E-state index contributed by atoms with van der Waals surface area (Å²) in [5.41, 5.74) is -0.0503. The van der Waals surface area contributed by atoms with Crippen LogP contribution in [-0.4, -0.2) is 11.9 Å². The van der Waals surface area contributed by atoms with Gasteiger partial charge in [0.05, 0.1) is 18.5 Å². The molecule has 2 N–H and O–H groups in total. The number of halogens is 2. The molecule has 0 radical (unpaired) electrons. The van der Waals surface area contributed by atoms with Crippen molar-refractivity contribution in [3.05, 3.63) is 54.0 Å². The van der Waals surface area contributed by atoms with Crippen LogP contribution in [0.5, 0.6) is 0 Å². The van der Waals surface area contributed by atoms with Gasteiger partial charge in [-0.3, -0.25) is 4.79 Å². The number of hydrogen-bond acceptors (Lipinski definition) is 3. The lowest BCUT2D eigenvalue weighted by atomic mass is 10.2. The van der Waals surface area contributed by atoms with Gasteiger partial charge in [0, 0.05) is 0 Å². The number of carbonyl (C=O) groups excluding carboxylic acids is 1. The van der Waals surface area contributed by atoms with Crippen LogP contribution < -0.4 is 10.6 Å². The molecule has 0 saturated heterocycles. The molecular formula is C14H14F2N2O2. The standard InChI is InChI=1S/C14H14F2N2O2/c1-9(14(19)17-8-11-3-2-6-20-11)18-13-7-10(15)4-5-12(13)16/h2-7,9,18H,8H2,1H3,(H,17,19). The highest BCUT2D eigenvalue weighted by molar-refractivity contribution is 5.84. The van der Waals surface area contributed by atoms with E-state index >= 15 is 0 Å². The average Bonchev–Trinajstić information content (AvgIpc) is 2.93. The van der Waals surface area contributed by atoms with Crippen LogP contribution >= 0.6 is 0 Å². The number of benzene rings is 1. The van der Waals surface area contributed by atoms with Crippen LogP contribution in [0.3, 0.4) is 0 Å². The quantitative estimate of drug-likeness (QED) is 0.885. The Morgan fingerprint density at radius 1 is 1.35 bits per heavy atom. The molecule has 0 saturated carbocycles. The predicted octanol–water partition coefficient (Wildman–Crippen LogP) is 2.67. The fourth-order valence-electron chi connectivity index (χ4n) is 1.65. The molecule has 1 heterocycles. The first-order valence-corrected chi connectivity index (χ1v) is 6.08. The van der Waals surface area contributed by atoms with Crippen molar-refractivity contribution in [2.24, 2.45) is 0 Å². The van der Waals surface area contributed by atoms with Gasteiger partial charge < -0.3 is 15.1 Å². The van der Waals surface area contributed by atoms with Crippen molar-refractivity contribution in [1.82, 2.24) is 5.32 Å². The van der Waals surface area contributed by atoms with E-state index in [1.54, 1.807) is 19.1 Å². The van der Waals surface area contributed by atoms with Crippen molar-refractivity contribution in [3.63, 3.8) is 0 Å². The van der Waals surface area contributed by atoms with Gasteiger partial charge in [-0.2, -0.15) is 0 Å². The topological polar surface area (TPSA) is 54.3 Å². The van der Waals surface area contributed by atoms with E-state index in [1.165, 1.54) is 6.26 Å². The first-order chi connectivity index (χ1) is 9.56. The van der Waals surface area contributed by atoms with Gasteiger partial charge in [-0.15, -0.1) is 0 Å². The summed E-state index contributed by atoms with van der Waals surface area (Å²) < 4.78 is 31.5. The highest BCUT2D eigenvalue weighted by atomic mass is 19.1. The van der Waals surface area contributed by atoms with E-state index in [0.29, 0.717) is 5.76 Å². The Bertz CT molecular complexity index is 585. The third kappa shape index (κ3) is 3.57. The maximum absolute atomic E-state index is 13.4. The zero-order valence-corrected chi connectivity index (χ0v) is 10.8. The summed E-state index contributed by atoms with van der Waals surface area (Å²) in [6, 6.07) is 5.76. The molecule has 0 aliphatic heterocycles.